The molecule has 0 unspecified atom stereocenters. The normalized spacial score (nSPS) is 12.4. The first-order valence-electron chi connectivity index (χ1n) is 8.05. The quantitative estimate of drug-likeness (QED) is 0.435. The maximum Gasteiger partial charge on any atom is 0.262 e. The molecule has 3 aromatic rings. The van der Waals surface area contributed by atoms with Crippen LogP contribution in [-0.2, 0) is 6.54 Å². The minimum Gasteiger partial charge on any atom is -0.494 e. The maximum absolute atomic E-state index is 12.3. The molecule has 26 heavy (non-hydrogen) atoms. The largest absolute Gasteiger partial charge is 0.494 e. The Hall–Kier alpha value is -3.25. The number of benzene rings is 2. The summed E-state index contributed by atoms with van der Waals surface area (Å²) in [5, 5.41) is 12.2. The maximum atomic E-state index is 12.3. The molecule has 128 valence electrons. The number of rotatable bonds is 3. The highest BCUT2D eigenvalue weighted by atomic mass is 32.1. The number of aromatic nitrogens is 2. The van der Waals surface area contributed by atoms with Crippen molar-refractivity contribution in [3.8, 4) is 17.0 Å². The van der Waals surface area contributed by atoms with E-state index in [0.29, 0.717) is 6.54 Å². The molecular formula is C20H15N3O2S. The fourth-order valence-corrected chi connectivity index (χ4v) is 3.31. The molecule has 0 spiro atoms. The van der Waals surface area contributed by atoms with E-state index in [1.807, 2.05) is 42.5 Å². The molecule has 5 nitrogen and oxygen atoms in total. The van der Waals surface area contributed by atoms with E-state index in [1.165, 1.54) is 4.57 Å². The lowest BCUT2D eigenvalue weighted by Gasteiger charge is -2.08. The Morgan fingerprint density at radius 3 is 2.85 bits per heavy atom. The molecular weight excluding hydrogens is 346 g/mol. The van der Waals surface area contributed by atoms with Gasteiger partial charge in [0.25, 0.3) is 5.56 Å². The number of aromatic hydroxyl groups is 1. The van der Waals surface area contributed by atoms with Crippen LogP contribution in [0.3, 0.4) is 0 Å². The molecule has 6 heteroatoms. The number of H-pyrrole nitrogens is 1. The van der Waals surface area contributed by atoms with Crippen molar-refractivity contribution in [3.05, 3.63) is 86.4 Å². The predicted molar refractivity (Wildman–Crippen MR) is 104 cm³/mol. The predicted octanol–water partition coefficient (Wildman–Crippen LogP) is 2.56. The van der Waals surface area contributed by atoms with Crippen LogP contribution in [0.5, 0.6) is 5.88 Å². The Balaban J connectivity index is 1.92. The van der Waals surface area contributed by atoms with Gasteiger partial charge in [0.2, 0.25) is 5.88 Å². The van der Waals surface area contributed by atoms with E-state index in [9.17, 15) is 9.90 Å². The van der Waals surface area contributed by atoms with Gasteiger partial charge in [-0.3, -0.25) is 14.3 Å². The second-order valence-corrected chi connectivity index (χ2v) is 6.33. The van der Waals surface area contributed by atoms with Gasteiger partial charge in [-0.05, 0) is 41.7 Å². The summed E-state index contributed by atoms with van der Waals surface area (Å²) < 4.78 is 1.58. The molecule has 0 saturated heterocycles. The van der Waals surface area contributed by atoms with Crippen molar-refractivity contribution in [2.75, 3.05) is 0 Å². The smallest absolute Gasteiger partial charge is 0.262 e. The minimum absolute atomic E-state index is 0.156. The van der Waals surface area contributed by atoms with Gasteiger partial charge in [0.1, 0.15) is 5.56 Å². The van der Waals surface area contributed by atoms with E-state index < -0.39 is 5.56 Å². The highest BCUT2D eigenvalue weighted by Crippen LogP contribution is 2.30. The van der Waals surface area contributed by atoms with Crippen LogP contribution in [0.2, 0.25) is 0 Å². The van der Waals surface area contributed by atoms with E-state index in [4.69, 9.17) is 12.2 Å². The summed E-state index contributed by atoms with van der Waals surface area (Å²) >= 11 is 5.10. The Bertz CT molecular complexity index is 1290. The molecule has 1 aliphatic heterocycles. The second kappa shape index (κ2) is 6.24. The van der Waals surface area contributed by atoms with Crippen LogP contribution in [0.4, 0.5) is 5.69 Å². The summed E-state index contributed by atoms with van der Waals surface area (Å²) in [6, 6.07) is 13.6. The SMILES string of the molecule is C=CCn1c(O)c(C=c2ccc3c(c2)-c2ccccc2N=3)c(=O)[nH]c1=S. The van der Waals surface area contributed by atoms with Crippen molar-refractivity contribution >= 4 is 24.0 Å². The number of nitrogens with zero attached hydrogens (tertiary/aromatic N) is 2. The fourth-order valence-electron chi connectivity index (χ4n) is 3.06. The lowest BCUT2D eigenvalue weighted by atomic mass is 10.0. The zero-order valence-corrected chi connectivity index (χ0v) is 14.6. The molecule has 2 N–H and O–H groups in total. The van der Waals surface area contributed by atoms with Crippen molar-refractivity contribution in [2.45, 2.75) is 6.54 Å². The van der Waals surface area contributed by atoms with Gasteiger partial charge in [-0.25, -0.2) is 4.99 Å². The molecule has 0 amide bonds. The number of para-hydroxylation sites is 1. The molecule has 1 aliphatic rings. The van der Waals surface area contributed by atoms with Gasteiger partial charge in [-0.15, -0.1) is 6.58 Å². The number of aromatic amines is 1. The Kier molecular flexibility index (Phi) is 3.89. The van der Waals surface area contributed by atoms with E-state index in [-0.39, 0.29) is 16.2 Å². The van der Waals surface area contributed by atoms with Gasteiger partial charge in [0.05, 0.1) is 11.0 Å². The first-order chi connectivity index (χ1) is 12.6. The monoisotopic (exact) mass is 361 g/mol. The highest BCUT2D eigenvalue weighted by molar-refractivity contribution is 7.71. The first kappa shape index (κ1) is 16.2. The third-order valence-corrected chi connectivity index (χ3v) is 4.61. The van der Waals surface area contributed by atoms with E-state index in [1.54, 1.807) is 12.2 Å². The van der Waals surface area contributed by atoms with Gasteiger partial charge in [0.15, 0.2) is 4.77 Å². The van der Waals surface area contributed by atoms with Crippen LogP contribution in [0.1, 0.15) is 5.56 Å². The van der Waals surface area contributed by atoms with Crippen LogP contribution >= 0.6 is 12.2 Å². The summed E-state index contributed by atoms with van der Waals surface area (Å²) in [6.45, 7) is 3.95. The molecule has 0 fully saturated rings. The molecule has 0 radical (unpaired) electrons. The molecule has 2 aromatic carbocycles. The first-order valence-corrected chi connectivity index (χ1v) is 8.46. The average molecular weight is 361 g/mol. The highest BCUT2D eigenvalue weighted by Gasteiger charge is 2.13. The number of nitrogens with one attached hydrogen (secondary N) is 1. The summed E-state index contributed by atoms with van der Waals surface area (Å²) in [7, 11) is 0. The number of hydrogen-bond acceptors (Lipinski definition) is 4. The molecule has 1 aromatic heterocycles. The van der Waals surface area contributed by atoms with Crippen molar-refractivity contribution in [3.63, 3.8) is 0 Å². The molecule has 4 rings (SSSR count). The number of fused-ring (bicyclic) bond motifs is 3. The van der Waals surface area contributed by atoms with Crippen LogP contribution in [0, 0.1) is 4.77 Å². The molecule has 2 heterocycles. The third-order valence-electron chi connectivity index (χ3n) is 4.29. The van der Waals surface area contributed by atoms with Crippen molar-refractivity contribution in [1.82, 2.24) is 9.55 Å². The topological polar surface area (TPSA) is 70.4 Å². The lowest BCUT2D eigenvalue weighted by Crippen LogP contribution is -2.18. The van der Waals surface area contributed by atoms with Crippen LogP contribution in [-0.4, -0.2) is 14.7 Å². The zero-order valence-electron chi connectivity index (χ0n) is 13.8. The lowest BCUT2D eigenvalue weighted by molar-refractivity contribution is 0.412. The molecule has 0 saturated carbocycles. The van der Waals surface area contributed by atoms with Crippen molar-refractivity contribution < 1.29 is 5.11 Å². The van der Waals surface area contributed by atoms with Gasteiger partial charge in [-0.2, -0.15) is 0 Å². The molecule has 0 aliphatic carbocycles. The Morgan fingerprint density at radius 1 is 1.23 bits per heavy atom. The second-order valence-electron chi connectivity index (χ2n) is 5.95. The zero-order chi connectivity index (χ0) is 18.3. The van der Waals surface area contributed by atoms with E-state index in [2.05, 4.69) is 16.6 Å². The van der Waals surface area contributed by atoms with Gasteiger partial charge < -0.3 is 5.11 Å². The van der Waals surface area contributed by atoms with E-state index >= 15 is 0 Å². The summed E-state index contributed by atoms with van der Waals surface area (Å²) in [4.78, 5) is 19.5. The standard InChI is InChI=1S/C20H15N3O2S/c1-2-9-23-19(25)15(18(24)22-20(23)26)11-12-7-8-17-14(10-12)13-5-3-4-6-16(13)21-17/h2-8,10-11,25H,1,9H2,(H,22,24,26). The van der Waals surface area contributed by atoms with Crippen LogP contribution in [0.15, 0.2) is 64.9 Å². The third kappa shape index (κ3) is 2.60. The minimum atomic E-state index is -0.432. The van der Waals surface area contributed by atoms with Crippen molar-refractivity contribution in [2.24, 2.45) is 4.99 Å². The van der Waals surface area contributed by atoms with Gasteiger partial charge >= 0.3 is 0 Å². The van der Waals surface area contributed by atoms with E-state index in [0.717, 1.165) is 27.4 Å². The van der Waals surface area contributed by atoms with Gasteiger partial charge in [0, 0.05) is 17.7 Å². The fraction of sp³-hybridized carbons (Fsp3) is 0.0500. The van der Waals surface area contributed by atoms with Crippen LogP contribution < -0.4 is 16.1 Å². The van der Waals surface area contributed by atoms with Crippen LogP contribution in [0.25, 0.3) is 17.2 Å². The molecule has 0 atom stereocenters. The summed E-state index contributed by atoms with van der Waals surface area (Å²) in [5.74, 6) is -0.177. The average Bonchev–Trinajstić information content (AvgIpc) is 3.00. The van der Waals surface area contributed by atoms with Crippen molar-refractivity contribution in [1.29, 1.82) is 0 Å². The summed E-state index contributed by atoms with van der Waals surface area (Å²) in [5.41, 5.74) is 2.71. The number of allylic oxidation sites excluding steroid dienone is 1. The Labute approximate surface area is 153 Å². The van der Waals surface area contributed by atoms with Gasteiger partial charge in [-0.1, -0.05) is 30.3 Å². The number of hydrogen-bond donors (Lipinski definition) is 2. The summed E-state index contributed by atoms with van der Waals surface area (Å²) in [6.07, 6.45) is 3.25. The Morgan fingerprint density at radius 2 is 2.04 bits per heavy atom. The molecule has 0 bridgehead atoms.